The normalized spacial score (nSPS) is 15.7. The number of allylic oxidation sites excluding steroid dienone is 4. The second kappa shape index (κ2) is 13.4. The van der Waals surface area contributed by atoms with E-state index in [-0.39, 0.29) is 35.6 Å². The summed E-state index contributed by atoms with van der Waals surface area (Å²) in [5.41, 5.74) is 14.9. The largest absolute Gasteiger partial charge is 1.00 e. The number of rotatable bonds is 4. The fourth-order valence-corrected chi connectivity index (χ4v) is 16.9. The molecule has 0 heterocycles. The molecule has 1 unspecified atom stereocenters. The maximum atomic E-state index is 2.61. The molecule has 0 fully saturated rings. The van der Waals surface area contributed by atoms with Crippen molar-refractivity contribution in [1.29, 1.82) is 0 Å². The fourth-order valence-electron chi connectivity index (χ4n) is 7.01. The topological polar surface area (TPSA) is 0 Å². The van der Waals surface area contributed by atoms with Gasteiger partial charge in [0.2, 0.25) is 0 Å². The van der Waals surface area contributed by atoms with Crippen molar-refractivity contribution in [3.63, 3.8) is 0 Å². The maximum Gasteiger partial charge on any atom is -1.00 e. The van der Waals surface area contributed by atoms with Crippen molar-refractivity contribution >= 4 is 3.21 Å². The minimum absolute atomic E-state index is 0. The predicted molar refractivity (Wildman–Crippen MR) is 183 cm³/mol. The Balaban J connectivity index is 0.00000230. The molecule has 0 saturated carbocycles. The second-order valence-corrected chi connectivity index (χ2v) is 20.8. The van der Waals surface area contributed by atoms with Gasteiger partial charge in [-0.1, -0.05) is 0 Å². The van der Waals surface area contributed by atoms with Crippen LogP contribution < -0.4 is 24.8 Å². The summed E-state index contributed by atoms with van der Waals surface area (Å²) in [6.45, 7) is 21.3. The van der Waals surface area contributed by atoms with Crippen molar-refractivity contribution in [2.45, 2.75) is 76.8 Å². The van der Waals surface area contributed by atoms with E-state index in [1.54, 1.807) is 23.2 Å². The van der Waals surface area contributed by atoms with Gasteiger partial charge in [-0.05, 0) is 0 Å². The quantitative estimate of drug-likeness (QED) is 0.276. The van der Waals surface area contributed by atoms with Crippen molar-refractivity contribution in [3.8, 4) is 11.1 Å². The molecule has 2 aliphatic rings. The van der Waals surface area contributed by atoms with Crippen LogP contribution in [0.5, 0.6) is 0 Å². The van der Waals surface area contributed by atoms with Crippen LogP contribution in [0.3, 0.4) is 0 Å². The van der Waals surface area contributed by atoms with Crippen LogP contribution >= 0.6 is 0 Å². The molecule has 232 valence electrons. The number of halogens is 2. The van der Waals surface area contributed by atoms with Crippen LogP contribution in [-0.4, -0.2) is 3.21 Å². The van der Waals surface area contributed by atoms with Gasteiger partial charge in [-0.15, -0.1) is 0 Å². The SMILES string of the molecule is CC1=C(C)C(C)[C]([Zr+2](=[C](c2ccccc2)c2ccccc2)[CH]2c3cc(C(C)(C)C)ccc3-c3ccc(C(C)(C)C)cc32)=C1.[Cl-].[Cl-]. The summed E-state index contributed by atoms with van der Waals surface area (Å²) in [6.07, 6.45) is 2.61. The van der Waals surface area contributed by atoms with Gasteiger partial charge < -0.3 is 24.8 Å². The van der Waals surface area contributed by atoms with Gasteiger partial charge in [0.25, 0.3) is 0 Å². The molecule has 0 aliphatic heterocycles. The van der Waals surface area contributed by atoms with Crippen molar-refractivity contribution < 1.29 is 46.1 Å². The van der Waals surface area contributed by atoms with E-state index in [2.05, 4.69) is 165 Å². The zero-order chi connectivity index (χ0) is 30.7. The summed E-state index contributed by atoms with van der Waals surface area (Å²) in [7, 11) is 0. The van der Waals surface area contributed by atoms with Crippen molar-refractivity contribution in [3.05, 3.63) is 151 Å². The van der Waals surface area contributed by atoms with Gasteiger partial charge in [-0.3, -0.25) is 0 Å². The van der Waals surface area contributed by atoms with E-state index in [0.717, 1.165) is 0 Å². The van der Waals surface area contributed by atoms with Crippen molar-refractivity contribution in [2.24, 2.45) is 5.92 Å². The van der Waals surface area contributed by atoms with E-state index in [9.17, 15) is 0 Å². The van der Waals surface area contributed by atoms with E-state index in [0.29, 0.717) is 9.54 Å². The second-order valence-electron chi connectivity index (χ2n) is 14.7. The Kier molecular flexibility index (Phi) is 10.6. The Hall–Kier alpha value is -2.31. The predicted octanol–water partition coefficient (Wildman–Crippen LogP) is 5.12. The van der Waals surface area contributed by atoms with Gasteiger partial charge in [-0.25, -0.2) is 0 Å². The number of hydrogen-bond donors (Lipinski definition) is 0. The van der Waals surface area contributed by atoms with Crippen LogP contribution in [0.15, 0.2) is 118 Å². The summed E-state index contributed by atoms with van der Waals surface area (Å²) in [4.78, 5) is 0. The molecule has 0 amide bonds. The first kappa shape index (κ1) is 35.5. The average Bonchev–Trinajstić information content (AvgIpc) is 3.43. The molecule has 3 heteroatoms. The Morgan fingerprint density at radius 3 is 1.38 bits per heavy atom. The van der Waals surface area contributed by atoms with Gasteiger partial charge in [0.1, 0.15) is 0 Å². The monoisotopic (exact) mass is 710 g/mol. The number of fused-ring (bicyclic) bond motifs is 3. The minimum Gasteiger partial charge on any atom is -1.00 e. The molecular weight excluding hydrogens is 667 g/mol. The first-order valence-electron chi connectivity index (χ1n) is 15.9. The third kappa shape index (κ3) is 6.61. The molecule has 0 bridgehead atoms. The Bertz CT molecular complexity index is 1690. The van der Waals surface area contributed by atoms with Gasteiger partial charge in [-0.2, -0.15) is 0 Å². The van der Waals surface area contributed by atoms with Crippen LogP contribution in [-0.2, 0) is 32.1 Å². The van der Waals surface area contributed by atoms with Crippen molar-refractivity contribution in [1.82, 2.24) is 0 Å². The summed E-state index contributed by atoms with van der Waals surface area (Å²) in [5, 5.41) is 0. The van der Waals surface area contributed by atoms with E-state index in [1.807, 2.05) is 0 Å². The Labute approximate surface area is 292 Å². The molecule has 0 radical (unpaired) electrons. The van der Waals surface area contributed by atoms with Crippen LogP contribution in [0.2, 0.25) is 0 Å². The Morgan fingerprint density at radius 1 is 0.600 bits per heavy atom. The summed E-state index contributed by atoms with van der Waals surface area (Å²) >= 11 is -2.81. The molecule has 6 rings (SSSR count). The fraction of sp³-hybridized carbons (Fsp3) is 0.310. The van der Waals surface area contributed by atoms with Gasteiger partial charge in [0.15, 0.2) is 0 Å². The molecule has 0 aromatic heterocycles. The van der Waals surface area contributed by atoms with Gasteiger partial charge >= 0.3 is 269 Å². The molecular formula is C42H46Cl2Zr. The van der Waals surface area contributed by atoms with Crippen LogP contribution in [0.4, 0.5) is 0 Å². The molecule has 2 aliphatic carbocycles. The van der Waals surface area contributed by atoms with E-state index < -0.39 is 21.3 Å². The van der Waals surface area contributed by atoms with Crippen molar-refractivity contribution in [2.75, 3.05) is 0 Å². The van der Waals surface area contributed by atoms with Crippen LogP contribution in [0.1, 0.15) is 99.3 Å². The van der Waals surface area contributed by atoms with E-state index >= 15 is 0 Å². The molecule has 4 aromatic rings. The van der Waals surface area contributed by atoms with Crippen LogP contribution in [0.25, 0.3) is 11.1 Å². The average molecular weight is 713 g/mol. The molecule has 45 heavy (non-hydrogen) atoms. The maximum absolute atomic E-state index is 2.81. The van der Waals surface area contributed by atoms with E-state index in [1.165, 1.54) is 39.0 Å². The molecule has 0 saturated heterocycles. The first-order chi connectivity index (χ1) is 20.4. The minimum atomic E-state index is -2.81. The smallest absolute Gasteiger partial charge is 1.00 e. The number of hydrogen-bond acceptors (Lipinski definition) is 0. The third-order valence-electron chi connectivity index (χ3n) is 9.85. The van der Waals surface area contributed by atoms with Crippen LogP contribution in [0, 0.1) is 5.92 Å². The molecule has 0 nitrogen and oxygen atoms in total. The zero-order valence-electron chi connectivity index (χ0n) is 28.2. The van der Waals surface area contributed by atoms with Gasteiger partial charge in [0.05, 0.1) is 0 Å². The van der Waals surface area contributed by atoms with Gasteiger partial charge in [0, 0.05) is 0 Å². The first-order valence-corrected chi connectivity index (χ1v) is 19.8. The molecule has 1 atom stereocenters. The molecule has 4 aromatic carbocycles. The third-order valence-corrected chi connectivity index (χ3v) is 18.5. The molecule has 0 spiro atoms. The summed E-state index contributed by atoms with van der Waals surface area (Å²) in [6, 6.07) is 37.5. The number of benzene rings is 4. The summed E-state index contributed by atoms with van der Waals surface area (Å²) in [5.74, 6) is 0.473. The summed E-state index contributed by atoms with van der Waals surface area (Å²) < 4.78 is 3.75. The zero-order valence-corrected chi connectivity index (χ0v) is 32.2. The Morgan fingerprint density at radius 2 is 1.02 bits per heavy atom. The van der Waals surface area contributed by atoms with E-state index in [4.69, 9.17) is 0 Å². The standard InChI is InChI=1S/C21H25.C13H10.C8H11.2ClH.Zr/c1-20(2,3)16-7-9-18-14(12-16)11-15-13-17(21(4,5)6)8-10-19(15)18;1-3-7-12(8-4-1)11-13-9-5-2-6-10-13;1-6-4-5-7(2)8(6)3;;;/h7-13H,1-6H3;1-10H;4,7H,1-3H3;2*1H;/q;;;;;+2/p-2. The molecule has 0 N–H and O–H groups in total.